The predicted molar refractivity (Wildman–Crippen MR) is 86.1 cm³/mol. The molecule has 1 N–H and O–H groups in total. The van der Waals surface area contributed by atoms with Gasteiger partial charge in [0.25, 0.3) is 5.91 Å². The van der Waals surface area contributed by atoms with E-state index in [0.717, 1.165) is 31.7 Å². The summed E-state index contributed by atoms with van der Waals surface area (Å²) < 4.78 is 1.75. The molecule has 0 saturated carbocycles. The lowest BCUT2D eigenvalue weighted by atomic mass is 9.97. The van der Waals surface area contributed by atoms with Gasteiger partial charge >= 0.3 is 0 Å². The van der Waals surface area contributed by atoms with Gasteiger partial charge in [0.2, 0.25) is 0 Å². The number of nitrogens with one attached hydrogen (secondary N) is 1. The molecule has 0 bridgehead atoms. The van der Waals surface area contributed by atoms with Crippen molar-refractivity contribution in [3.8, 4) is 5.69 Å². The standard InChI is InChI=1S/C17H22N4O/c1-18-10-14-6-5-9-20(12-14)17(22)15-11-19-21(13-15)16-7-3-2-4-8-16/h2-4,7-8,11,13-14,18H,5-6,9-10,12H2,1H3. The second kappa shape index (κ2) is 6.75. The van der Waals surface area contributed by atoms with Gasteiger partial charge < -0.3 is 10.2 Å². The van der Waals surface area contributed by atoms with E-state index >= 15 is 0 Å². The summed E-state index contributed by atoms with van der Waals surface area (Å²) >= 11 is 0. The Morgan fingerprint density at radius 2 is 2.18 bits per heavy atom. The van der Waals surface area contributed by atoms with Gasteiger partial charge in [-0.05, 0) is 44.5 Å². The largest absolute Gasteiger partial charge is 0.338 e. The summed E-state index contributed by atoms with van der Waals surface area (Å²) in [6, 6.07) is 9.85. The monoisotopic (exact) mass is 298 g/mol. The Bertz CT molecular complexity index is 621. The molecular formula is C17H22N4O. The summed E-state index contributed by atoms with van der Waals surface area (Å²) in [7, 11) is 1.96. The first-order valence-electron chi connectivity index (χ1n) is 7.82. The highest BCUT2D eigenvalue weighted by Crippen LogP contribution is 2.18. The number of carbonyl (C=O) groups is 1. The molecule has 1 atom stereocenters. The van der Waals surface area contributed by atoms with Crippen LogP contribution >= 0.6 is 0 Å². The van der Waals surface area contributed by atoms with Gasteiger partial charge in [-0.25, -0.2) is 4.68 Å². The number of piperidine rings is 1. The molecule has 3 rings (SSSR count). The molecule has 116 valence electrons. The molecule has 1 saturated heterocycles. The Labute approximate surface area is 130 Å². The van der Waals surface area contributed by atoms with E-state index in [0.29, 0.717) is 11.5 Å². The molecule has 0 radical (unpaired) electrons. The van der Waals surface area contributed by atoms with E-state index in [4.69, 9.17) is 0 Å². The highest BCUT2D eigenvalue weighted by Gasteiger charge is 2.24. The third kappa shape index (κ3) is 3.20. The maximum atomic E-state index is 12.6. The van der Waals surface area contributed by atoms with E-state index < -0.39 is 0 Å². The summed E-state index contributed by atoms with van der Waals surface area (Å²) in [6.07, 6.45) is 5.75. The number of para-hydroxylation sites is 1. The predicted octanol–water partition coefficient (Wildman–Crippen LogP) is 1.94. The first kappa shape index (κ1) is 14.8. The minimum Gasteiger partial charge on any atom is -0.338 e. The number of hydrogen-bond donors (Lipinski definition) is 1. The zero-order chi connectivity index (χ0) is 15.4. The van der Waals surface area contributed by atoms with Gasteiger partial charge in [-0.15, -0.1) is 0 Å². The number of aromatic nitrogens is 2. The van der Waals surface area contributed by atoms with E-state index in [1.165, 1.54) is 6.42 Å². The van der Waals surface area contributed by atoms with Crippen LogP contribution in [-0.4, -0.2) is 47.3 Å². The molecule has 1 fully saturated rings. The molecule has 2 aromatic rings. The van der Waals surface area contributed by atoms with E-state index in [9.17, 15) is 4.79 Å². The molecule has 5 heteroatoms. The van der Waals surface area contributed by atoms with Crippen LogP contribution in [0.5, 0.6) is 0 Å². The Balaban J connectivity index is 1.71. The molecule has 0 aliphatic carbocycles. The van der Waals surface area contributed by atoms with Crippen molar-refractivity contribution < 1.29 is 4.79 Å². The van der Waals surface area contributed by atoms with Crippen LogP contribution in [0.25, 0.3) is 5.69 Å². The van der Waals surface area contributed by atoms with Crippen molar-refractivity contribution >= 4 is 5.91 Å². The van der Waals surface area contributed by atoms with E-state index in [1.807, 2.05) is 48.5 Å². The normalized spacial score (nSPS) is 18.4. The molecule has 2 heterocycles. The average molecular weight is 298 g/mol. The lowest BCUT2D eigenvalue weighted by molar-refractivity contribution is 0.0674. The highest BCUT2D eigenvalue weighted by atomic mass is 16.2. The fourth-order valence-electron chi connectivity index (χ4n) is 3.04. The topological polar surface area (TPSA) is 50.2 Å². The highest BCUT2D eigenvalue weighted by molar-refractivity contribution is 5.93. The van der Waals surface area contributed by atoms with Crippen molar-refractivity contribution in [2.24, 2.45) is 5.92 Å². The second-order valence-electron chi connectivity index (χ2n) is 5.83. The quantitative estimate of drug-likeness (QED) is 0.938. The number of likely N-dealkylation sites (tertiary alicyclic amines) is 1. The lowest BCUT2D eigenvalue weighted by Gasteiger charge is -2.32. The summed E-state index contributed by atoms with van der Waals surface area (Å²) in [6.45, 7) is 2.64. The Kier molecular flexibility index (Phi) is 4.53. The zero-order valence-electron chi connectivity index (χ0n) is 12.9. The van der Waals surface area contributed by atoms with Crippen LogP contribution in [0.15, 0.2) is 42.7 Å². The van der Waals surface area contributed by atoms with Crippen molar-refractivity contribution in [1.29, 1.82) is 0 Å². The van der Waals surface area contributed by atoms with Crippen LogP contribution in [0, 0.1) is 5.92 Å². The molecule has 1 aromatic carbocycles. The lowest BCUT2D eigenvalue weighted by Crippen LogP contribution is -2.42. The third-order valence-electron chi connectivity index (χ3n) is 4.15. The number of rotatable bonds is 4. The van der Waals surface area contributed by atoms with E-state index in [1.54, 1.807) is 10.9 Å². The van der Waals surface area contributed by atoms with Crippen LogP contribution in [0.4, 0.5) is 0 Å². The second-order valence-corrected chi connectivity index (χ2v) is 5.83. The minimum atomic E-state index is 0.0861. The number of hydrogen-bond acceptors (Lipinski definition) is 3. The molecule has 1 aliphatic heterocycles. The molecule has 1 aliphatic rings. The number of carbonyl (C=O) groups excluding carboxylic acids is 1. The van der Waals surface area contributed by atoms with Gasteiger partial charge in [0.05, 0.1) is 17.4 Å². The van der Waals surface area contributed by atoms with Crippen molar-refractivity contribution in [3.05, 3.63) is 48.3 Å². The molecular weight excluding hydrogens is 276 g/mol. The Hall–Kier alpha value is -2.14. The van der Waals surface area contributed by atoms with Crippen LogP contribution in [0.3, 0.4) is 0 Å². The summed E-state index contributed by atoms with van der Waals surface area (Å²) in [5.41, 5.74) is 1.63. The van der Waals surface area contributed by atoms with Crippen molar-refractivity contribution in [2.45, 2.75) is 12.8 Å². The number of amides is 1. The van der Waals surface area contributed by atoms with Crippen molar-refractivity contribution in [3.63, 3.8) is 0 Å². The van der Waals surface area contributed by atoms with E-state index in [-0.39, 0.29) is 5.91 Å². The van der Waals surface area contributed by atoms with E-state index in [2.05, 4.69) is 10.4 Å². The SMILES string of the molecule is CNCC1CCCN(C(=O)c2cnn(-c3ccccc3)c2)C1. The van der Waals surface area contributed by atoms with Gasteiger partial charge in [0.1, 0.15) is 0 Å². The molecule has 5 nitrogen and oxygen atoms in total. The molecule has 1 aromatic heterocycles. The number of benzene rings is 1. The van der Waals surface area contributed by atoms with Crippen molar-refractivity contribution in [2.75, 3.05) is 26.7 Å². The number of nitrogens with zero attached hydrogens (tertiary/aromatic N) is 3. The van der Waals surface area contributed by atoms with Crippen LogP contribution in [0.2, 0.25) is 0 Å². The molecule has 0 spiro atoms. The molecule has 1 amide bonds. The summed E-state index contributed by atoms with van der Waals surface area (Å²) in [5.74, 6) is 0.634. The molecule has 1 unspecified atom stereocenters. The summed E-state index contributed by atoms with van der Waals surface area (Å²) in [4.78, 5) is 14.6. The molecule has 22 heavy (non-hydrogen) atoms. The van der Waals surface area contributed by atoms with Crippen LogP contribution in [-0.2, 0) is 0 Å². The smallest absolute Gasteiger partial charge is 0.257 e. The Morgan fingerprint density at radius 1 is 1.36 bits per heavy atom. The van der Waals surface area contributed by atoms with Crippen LogP contribution < -0.4 is 5.32 Å². The van der Waals surface area contributed by atoms with Gasteiger partial charge in [-0.1, -0.05) is 18.2 Å². The summed E-state index contributed by atoms with van der Waals surface area (Å²) in [5, 5.41) is 7.52. The van der Waals surface area contributed by atoms with Gasteiger partial charge in [-0.3, -0.25) is 4.79 Å². The van der Waals surface area contributed by atoms with Gasteiger partial charge in [0.15, 0.2) is 0 Å². The maximum Gasteiger partial charge on any atom is 0.257 e. The van der Waals surface area contributed by atoms with Crippen LogP contribution in [0.1, 0.15) is 23.2 Å². The van der Waals surface area contributed by atoms with Gasteiger partial charge in [-0.2, -0.15) is 5.10 Å². The zero-order valence-corrected chi connectivity index (χ0v) is 12.9. The minimum absolute atomic E-state index is 0.0861. The van der Waals surface area contributed by atoms with Crippen molar-refractivity contribution in [1.82, 2.24) is 20.0 Å². The fraction of sp³-hybridized carbons (Fsp3) is 0.412. The maximum absolute atomic E-state index is 12.6. The Morgan fingerprint density at radius 3 is 2.95 bits per heavy atom. The third-order valence-corrected chi connectivity index (χ3v) is 4.15. The first-order chi connectivity index (χ1) is 10.8. The average Bonchev–Trinajstić information content (AvgIpc) is 3.05. The first-order valence-corrected chi connectivity index (χ1v) is 7.82. The van der Waals surface area contributed by atoms with Gasteiger partial charge in [0, 0.05) is 19.3 Å². The fourth-order valence-corrected chi connectivity index (χ4v) is 3.04.